The van der Waals surface area contributed by atoms with Crippen molar-refractivity contribution in [2.75, 3.05) is 6.61 Å². The minimum Gasteiger partial charge on any atom is -0.494 e. The molecule has 0 fully saturated rings. The van der Waals surface area contributed by atoms with E-state index in [0.29, 0.717) is 12.5 Å². The maximum atomic E-state index is 5.82. The molecular weight excluding hydrogens is 250 g/mol. The molecule has 1 aromatic heterocycles. The molecule has 2 N–H and O–H groups in total. The number of ether oxygens (including phenoxy) is 1. The lowest BCUT2D eigenvalue weighted by atomic mass is 10.1. The zero-order valence-electron chi connectivity index (χ0n) is 12.7. The number of aromatic nitrogens is 2. The van der Waals surface area contributed by atoms with E-state index in [0.717, 1.165) is 48.6 Å². The Morgan fingerprint density at radius 2 is 2.15 bits per heavy atom. The van der Waals surface area contributed by atoms with Crippen LogP contribution in [0.15, 0.2) is 18.2 Å². The highest BCUT2D eigenvalue weighted by molar-refractivity contribution is 5.77. The molecule has 0 aliphatic carbocycles. The Morgan fingerprint density at radius 3 is 2.80 bits per heavy atom. The Kier molecular flexibility index (Phi) is 5.01. The standard InChI is InChI=1S/C16H25N3O/c1-4-9-20-13-5-6-15-14(10-13)18-16(11-17)19(15)8-7-12(2)3/h5-6,10,12H,4,7-9,11,17H2,1-3H3. The van der Waals surface area contributed by atoms with Gasteiger partial charge in [0.1, 0.15) is 11.6 Å². The third-order valence-corrected chi connectivity index (χ3v) is 3.38. The van der Waals surface area contributed by atoms with Gasteiger partial charge >= 0.3 is 0 Å². The van der Waals surface area contributed by atoms with E-state index in [-0.39, 0.29) is 0 Å². The Balaban J connectivity index is 2.31. The minimum atomic E-state index is 0.470. The van der Waals surface area contributed by atoms with Crippen molar-refractivity contribution < 1.29 is 4.74 Å². The monoisotopic (exact) mass is 275 g/mol. The summed E-state index contributed by atoms with van der Waals surface area (Å²) in [5, 5.41) is 0. The number of nitrogens with two attached hydrogens (primary N) is 1. The van der Waals surface area contributed by atoms with Gasteiger partial charge < -0.3 is 15.0 Å². The molecule has 0 atom stereocenters. The van der Waals surface area contributed by atoms with Crippen LogP contribution in [0.2, 0.25) is 0 Å². The van der Waals surface area contributed by atoms with E-state index in [1.54, 1.807) is 0 Å². The van der Waals surface area contributed by atoms with Gasteiger partial charge in [0.15, 0.2) is 0 Å². The molecule has 0 aliphatic heterocycles. The van der Waals surface area contributed by atoms with Gasteiger partial charge in [-0.1, -0.05) is 20.8 Å². The van der Waals surface area contributed by atoms with E-state index in [2.05, 4.69) is 36.4 Å². The van der Waals surface area contributed by atoms with Crippen LogP contribution in [0, 0.1) is 5.92 Å². The lowest BCUT2D eigenvalue weighted by Gasteiger charge is -2.10. The SMILES string of the molecule is CCCOc1ccc2c(c1)nc(CN)n2CCC(C)C. The van der Waals surface area contributed by atoms with Gasteiger partial charge in [-0.2, -0.15) is 0 Å². The molecule has 0 spiro atoms. The van der Waals surface area contributed by atoms with Crippen molar-refractivity contribution in [1.82, 2.24) is 9.55 Å². The van der Waals surface area contributed by atoms with Crippen LogP contribution in [0.4, 0.5) is 0 Å². The first-order valence-electron chi connectivity index (χ1n) is 7.47. The molecule has 2 aromatic rings. The van der Waals surface area contributed by atoms with Crippen LogP contribution in [0.25, 0.3) is 11.0 Å². The maximum Gasteiger partial charge on any atom is 0.123 e. The minimum absolute atomic E-state index is 0.470. The third-order valence-electron chi connectivity index (χ3n) is 3.38. The predicted molar refractivity (Wildman–Crippen MR) is 82.9 cm³/mol. The topological polar surface area (TPSA) is 53.1 Å². The van der Waals surface area contributed by atoms with Gasteiger partial charge in [-0.25, -0.2) is 4.98 Å². The summed E-state index contributed by atoms with van der Waals surface area (Å²) in [5.74, 6) is 2.51. The summed E-state index contributed by atoms with van der Waals surface area (Å²) in [6, 6.07) is 6.12. The van der Waals surface area contributed by atoms with Crippen LogP contribution in [0.1, 0.15) is 39.4 Å². The molecule has 0 amide bonds. The van der Waals surface area contributed by atoms with Crippen LogP contribution < -0.4 is 10.5 Å². The first kappa shape index (κ1) is 14.9. The zero-order valence-corrected chi connectivity index (χ0v) is 12.7. The number of nitrogens with zero attached hydrogens (tertiary/aromatic N) is 2. The van der Waals surface area contributed by atoms with E-state index in [4.69, 9.17) is 10.5 Å². The van der Waals surface area contributed by atoms with Crippen LogP contribution in [0.5, 0.6) is 5.75 Å². The first-order valence-corrected chi connectivity index (χ1v) is 7.47. The van der Waals surface area contributed by atoms with Gasteiger partial charge in [-0.05, 0) is 30.9 Å². The van der Waals surface area contributed by atoms with Gasteiger partial charge in [0, 0.05) is 12.6 Å². The summed E-state index contributed by atoms with van der Waals surface area (Å²) in [5.41, 5.74) is 7.95. The van der Waals surface area contributed by atoms with E-state index < -0.39 is 0 Å². The molecule has 1 aromatic carbocycles. The third kappa shape index (κ3) is 3.31. The van der Waals surface area contributed by atoms with Crippen molar-refractivity contribution >= 4 is 11.0 Å². The van der Waals surface area contributed by atoms with Gasteiger partial charge in [0.2, 0.25) is 0 Å². The lowest BCUT2D eigenvalue weighted by molar-refractivity contribution is 0.318. The highest BCUT2D eigenvalue weighted by Crippen LogP contribution is 2.23. The second kappa shape index (κ2) is 6.75. The smallest absolute Gasteiger partial charge is 0.123 e. The fraction of sp³-hybridized carbons (Fsp3) is 0.562. The number of fused-ring (bicyclic) bond motifs is 1. The van der Waals surface area contributed by atoms with Crippen molar-refractivity contribution in [1.29, 1.82) is 0 Å². The average Bonchev–Trinajstić information content (AvgIpc) is 2.79. The first-order chi connectivity index (χ1) is 9.65. The fourth-order valence-corrected chi connectivity index (χ4v) is 2.26. The van der Waals surface area contributed by atoms with Crippen LogP contribution in [-0.2, 0) is 13.1 Å². The fourth-order valence-electron chi connectivity index (χ4n) is 2.26. The number of rotatable bonds is 7. The zero-order chi connectivity index (χ0) is 14.5. The van der Waals surface area contributed by atoms with Crippen LogP contribution in [0.3, 0.4) is 0 Å². The van der Waals surface area contributed by atoms with E-state index in [1.807, 2.05) is 12.1 Å². The molecule has 0 radical (unpaired) electrons. The Hall–Kier alpha value is -1.55. The molecule has 110 valence electrons. The quantitative estimate of drug-likeness (QED) is 0.843. The Morgan fingerprint density at radius 1 is 1.35 bits per heavy atom. The van der Waals surface area contributed by atoms with Gasteiger partial charge in [0.25, 0.3) is 0 Å². The maximum absolute atomic E-state index is 5.82. The number of aryl methyl sites for hydroxylation is 1. The van der Waals surface area contributed by atoms with Crippen molar-refractivity contribution in [3.05, 3.63) is 24.0 Å². The molecule has 0 aliphatic rings. The molecule has 0 saturated carbocycles. The molecule has 4 nitrogen and oxygen atoms in total. The van der Waals surface area contributed by atoms with E-state index >= 15 is 0 Å². The van der Waals surface area contributed by atoms with Gasteiger partial charge in [-0.15, -0.1) is 0 Å². The van der Waals surface area contributed by atoms with Gasteiger partial charge in [-0.3, -0.25) is 0 Å². The second-order valence-electron chi connectivity index (χ2n) is 5.57. The average molecular weight is 275 g/mol. The van der Waals surface area contributed by atoms with Crippen molar-refractivity contribution in [3.63, 3.8) is 0 Å². The van der Waals surface area contributed by atoms with Crippen molar-refractivity contribution in [2.24, 2.45) is 11.7 Å². The Bertz CT molecular complexity index is 560. The summed E-state index contributed by atoms with van der Waals surface area (Å²) in [7, 11) is 0. The molecule has 1 heterocycles. The molecular formula is C16H25N3O. The molecule has 0 unspecified atom stereocenters. The lowest BCUT2D eigenvalue weighted by Crippen LogP contribution is -2.09. The highest BCUT2D eigenvalue weighted by atomic mass is 16.5. The van der Waals surface area contributed by atoms with Crippen LogP contribution >= 0.6 is 0 Å². The second-order valence-corrected chi connectivity index (χ2v) is 5.57. The number of hydrogen-bond acceptors (Lipinski definition) is 3. The van der Waals surface area contributed by atoms with Gasteiger partial charge in [0.05, 0.1) is 24.2 Å². The summed E-state index contributed by atoms with van der Waals surface area (Å²) < 4.78 is 7.90. The highest BCUT2D eigenvalue weighted by Gasteiger charge is 2.10. The largest absolute Gasteiger partial charge is 0.494 e. The number of imidazole rings is 1. The number of hydrogen-bond donors (Lipinski definition) is 1. The van der Waals surface area contributed by atoms with Crippen molar-refractivity contribution in [3.8, 4) is 5.75 Å². The summed E-state index contributed by atoms with van der Waals surface area (Å²) in [4.78, 5) is 4.64. The van der Waals surface area contributed by atoms with E-state index in [1.165, 1.54) is 0 Å². The predicted octanol–water partition coefficient (Wildman–Crippen LogP) is 3.33. The molecule has 0 bridgehead atoms. The molecule has 4 heteroatoms. The normalized spacial score (nSPS) is 11.4. The van der Waals surface area contributed by atoms with Crippen molar-refractivity contribution in [2.45, 2.75) is 46.7 Å². The molecule has 0 saturated heterocycles. The Labute approximate surface area is 120 Å². The summed E-state index contributed by atoms with van der Waals surface area (Å²) in [6.45, 7) is 8.75. The summed E-state index contributed by atoms with van der Waals surface area (Å²) >= 11 is 0. The summed E-state index contributed by atoms with van der Waals surface area (Å²) in [6.07, 6.45) is 2.14. The number of benzene rings is 1. The van der Waals surface area contributed by atoms with E-state index in [9.17, 15) is 0 Å². The molecule has 20 heavy (non-hydrogen) atoms. The molecule has 2 rings (SSSR count). The van der Waals surface area contributed by atoms with Crippen LogP contribution in [-0.4, -0.2) is 16.2 Å².